The van der Waals surface area contributed by atoms with E-state index in [0.717, 1.165) is 13.1 Å². The maximum absolute atomic E-state index is 3.36. The molecule has 2 N–H and O–H groups in total. The Morgan fingerprint density at radius 3 is 1.55 bits per heavy atom. The van der Waals surface area contributed by atoms with E-state index >= 15 is 0 Å². The van der Waals surface area contributed by atoms with E-state index < -0.39 is 0 Å². The third kappa shape index (κ3) is 7.82. The smallest absolute Gasteiger partial charge is 0.00767 e. The molecule has 1 rings (SSSR count). The molecule has 0 bridgehead atoms. The molecule has 1 saturated heterocycles. The van der Waals surface area contributed by atoms with Crippen LogP contribution in [0.25, 0.3) is 0 Å². The number of nitrogens with one attached hydrogen (secondary N) is 2. The molecule has 0 aliphatic carbocycles. The number of hydrogen-bond donors (Lipinski definition) is 2. The zero-order valence-corrected chi connectivity index (χ0v) is 7.95. The molecular formula is C9H22N2. The lowest BCUT2D eigenvalue weighted by Crippen LogP contribution is -2.26. The fraction of sp³-hybridized carbons (Fsp3) is 1.00. The van der Waals surface area contributed by atoms with Gasteiger partial charge in [-0.1, -0.05) is 20.3 Å². The van der Waals surface area contributed by atoms with Gasteiger partial charge in [0.1, 0.15) is 0 Å². The summed E-state index contributed by atoms with van der Waals surface area (Å²) in [7, 11) is 0. The van der Waals surface area contributed by atoms with Gasteiger partial charge < -0.3 is 10.6 Å². The summed E-state index contributed by atoms with van der Waals surface area (Å²) in [6.07, 6.45) is 4.07. The highest BCUT2D eigenvalue weighted by Gasteiger charge is 1.93. The lowest BCUT2D eigenvalue weighted by molar-refractivity contribution is 0.641. The first-order chi connectivity index (χ1) is 5.50. The number of rotatable bonds is 0. The molecule has 0 aromatic heterocycles. The van der Waals surface area contributed by atoms with E-state index in [0.29, 0.717) is 0 Å². The maximum atomic E-state index is 3.36. The Bertz CT molecular complexity index is 36.1. The molecule has 0 spiro atoms. The van der Waals surface area contributed by atoms with Crippen LogP contribution in [0.3, 0.4) is 0 Å². The fourth-order valence-electron chi connectivity index (χ4n) is 1.10. The van der Waals surface area contributed by atoms with E-state index in [4.69, 9.17) is 0 Å². The zero-order valence-electron chi connectivity index (χ0n) is 7.95. The minimum Gasteiger partial charge on any atom is -0.315 e. The summed E-state index contributed by atoms with van der Waals surface area (Å²) in [6.45, 7) is 8.70. The Morgan fingerprint density at radius 2 is 1.09 bits per heavy atom. The summed E-state index contributed by atoms with van der Waals surface area (Å²) >= 11 is 0. The molecule has 1 fully saturated rings. The molecule has 0 aromatic carbocycles. The minimum absolute atomic E-state index is 1.14. The highest BCUT2D eigenvalue weighted by atomic mass is 14.9. The monoisotopic (exact) mass is 158 g/mol. The molecule has 0 radical (unpaired) electrons. The highest BCUT2D eigenvalue weighted by Crippen LogP contribution is 1.92. The predicted octanol–water partition coefficient (Wildman–Crippen LogP) is 1.38. The first-order valence-electron chi connectivity index (χ1n) is 4.91. The van der Waals surface area contributed by atoms with E-state index in [-0.39, 0.29) is 0 Å². The molecule has 1 heterocycles. The van der Waals surface area contributed by atoms with Crippen LogP contribution in [0.1, 0.15) is 33.1 Å². The standard InChI is InChI=1S/C7H16N2.C2H6/c1-2-4-8-6-7-9-5-3-1;1-2/h8-9H,1-7H2;1-2H3. The number of hydrogen-bond acceptors (Lipinski definition) is 2. The Labute approximate surface area is 70.8 Å². The first-order valence-corrected chi connectivity index (χ1v) is 4.91. The third-order valence-electron chi connectivity index (χ3n) is 1.69. The van der Waals surface area contributed by atoms with Gasteiger partial charge in [0.2, 0.25) is 0 Å². The Morgan fingerprint density at radius 1 is 0.636 bits per heavy atom. The van der Waals surface area contributed by atoms with Crippen molar-refractivity contribution in [2.75, 3.05) is 26.2 Å². The molecular weight excluding hydrogens is 136 g/mol. The molecule has 2 heteroatoms. The fourth-order valence-corrected chi connectivity index (χ4v) is 1.10. The molecule has 0 atom stereocenters. The average Bonchev–Trinajstić information content (AvgIpc) is 2.22. The van der Waals surface area contributed by atoms with E-state index in [1.54, 1.807) is 0 Å². The first kappa shape index (κ1) is 10.9. The van der Waals surface area contributed by atoms with Gasteiger partial charge in [0.15, 0.2) is 0 Å². The van der Waals surface area contributed by atoms with Gasteiger partial charge in [0.25, 0.3) is 0 Å². The minimum atomic E-state index is 1.14. The lowest BCUT2D eigenvalue weighted by atomic mass is 10.2. The van der Waals surface area contributed by atoms with Crippen LogP contribution >= 0.6 is 0 Å². The largest absolute Gasteiger partial charge is 0.315 e. The van der Waals surface area contributed by atoms with Crippen LogP contribution in [-0.4, -0.2) is 26.2 Å². The maximum Gasteiger partial charge on any atom is 0.00767 e. The predicted molar refractivity (Wildman–Crippen MR) is 50.9 cm³/mol. The summed E-state index contributed by atoms with van der Waals surface area (Å²) in [5.74, 6) is 0. The Balaban J connectivity index is 0.000000461. The van der Waals surface area contributed by atoms with Gasteiger partial charge in [0.05, 0.1) is 0 Å². The zero-order chi connectivity index (χ0) is 8.36. The van der Waals surface area contributed by atoms with E-state index in [2.05, 4.69) is 10.6 Å². The van der Waals surface area contributed by atoms with Crippen LogP contribution in [0.4, 0.5) is 0 Å². The second kappa shape index (κ2) is 9.92. The van der Waals surface area contributed by atoms with Crippen molar-refractivity contribution in [1.82, 2.24) is 10.6 Å². The van der Waals surface area contributed by atoms with Crippen molar-refractivity contribution in [2.24, 2.45) is 0 Å². The van der Waals surface area contributed by atoms with E-state index in [1.165, 1.54) is 32.4 Å². The van der Waals surface area contributed by atoms with Crippen molar-refractivity contribution >= 4 is 0 Å². The molecule has 0 amide bonds. The van der Waals surface area contributed by atoms with Crippen molar-refractivity contribution in [1.29, 1.82) is 0 Å². The summed E-state index contributed by atoms with van der Waals surface area (Å²) in [6, 6.07) is 0. The Hall–Kier alpha value is -0.0800. The summed E-state index contributed by atoms with van der Waals surface area (Å²) in [5.41, 5.74) is 0. The summed E-state index contributed by atoms with van der Waals surface area (Å²) in [5, 5.41) is 6.73. The molecule has 1 aliphatic rings. The van der Waals surface area contributed by atoms with Crippen molar-refractivity contribution in [3.63, 3.8) is 0 Å². The van der Waals surface area contributed by atoms with Gasteiger partial charge in [0, 0.05) is 13.1 Å². The molecule has 68 valence electrons. The van der Waals surface area contributed by atoms with E-state index in [1.807, 2.05) is 13.8 Å². The second-order valence-electron chi connectivity index (χ2n) is 2.56. The summed E-state index contributed by atoms with van der Waals surface area (Å²) in [4.78, 5) is 0. The molecule has 0 aromatic rings. The second-order valence-corrected chi connectivity index (χ2v) is 2.56. The van der Waals surface area contributed by atoms with Crippen molar-refractivity contribution in [2.45, 2.75) is 33.1 Å². The van der Waals surface area contributed by atoms with Gasteiger partial charge in [-0.25, -0.2) is 0 Å². The SMILES string of the molecule is C1CCNCCNCC1.CC. The molecule has 0 unspecified atom stereocenters. The Kier molecular flexibility index (Phi) is 9.85. The molecule has 1 aliphatic heterocycles. The van der Waals surface area contributed by atoms with Crippen LogP contribution in [0.15, 0.2) is 0 Å². The lowest BCUT2D eigenvalue weighted by Gasteiger charge is -1.99. The van der Waals surface area contributed by atoms with Crippen LogP contribution in [0.2, 0.25) is 0 Å². The van der Waals surface area contributed by atoms with Crippen molar-refractivity contribution < 1.29 is 0 Å². The quantitative estimate of drug-likeness (QED) is 0.556. The molecule has 2 nitrogen and oxygen atoms in total. The highest BCUT2D eigenvalue weighted by molar-refractivity contribution is 4.56. The van der Waals surface area contributed by atoms with Crippen molar-refractivity contribution in [3.8, 4) is 0 Å². The normalized spacial score (nSPS) is 20.2. The van der Waals surface area contributed by atoms with Gasteiger partial charge in [-0.05, 0) is 25.9 Å². The third-order valence-corrected chi connectivity index (χ3v) is 1.69. The van der Waals surface area contributed by atoms with Crippen LogP contribution in [0, 0.1) is 0 Å². The van der Waals surface area contributed by atoms with Crippen LogP contribution in [-0.2, 0) is 0 Å². The van der Waals surface area contributed by atoms with Gasteiger partial charge in [-0.15, -0.1) is 0 Å². The van der Waals surface area contributed by atoms with E-state index in [9.17, 15) is 0 Å². The van der Waals surface area contributed by atoms with Gasteiger partial charge in [-0.3, -0.25) is 0 Å². The van der Waals surface area contributed by atoms with Crippen LogP contribution in [0.5, 0.6) is 0 Å². The molecule has 11 heavy (non-hydrogen) atoms. The van der Waals surface area contributed by atoms with Crippen LogP contribution < -0.4 is 10.6 Å². The summed E-state index contributed by atoms with van der Waals surface area (Å²) < 4.78 is 0. The molecule has 0 saturated carbocycles. The van der Waals surface area contributed by atoms with Crippen molar-refractivity contribution in [3.05, 3.63) is 0 Å². The van der Waals surface area contributed by atoms with Gasteiger partial charge in [-0.2, -0.15) is 0 Å². The topological polar surface area (TPSA) is 24.1 Å². The van der Waals surface area contributed by atoms with Gasteiger partial charge >= 0.3 is 0 Å². The average molecular weight is 158 g/mol.